The second kappa shape index (κ2) is 12.0. The summed E-state index contributed by atoms with van der Waals surface area (Å²) in [5.74, 6) is 4.98. The fourth-order valence-electron chi connectivity index (χ4n) is 5.27. The van der Waals surface area contributed by atoms with Crippen LogP contribution in [0.2, 0.25) is 0 Å². The van der Waals surface area contributed by atoms with Gasteiger partial charge >= 0.3 is 12.3 Å². The van der Waals surface area contributed by atoms with Gasteiger partial charge < -0.3 is 14.6 Å². The molecular weight excluding hydrogens is 596 g/mol. The van der Waals surface area contributed by atoms with Gasteiger partial charge in [-0.25, -0.2) is 9.18 Å². The summed E-state index contributed by atoms with van der Waals surface area (Å²) in [7, 11) is 0. The standard InChI is InChI=1S/C29H39BrF4N2O4/c1-24(2,3)27(19-40-26(6,7)36(27)23(38)39)15-9-8-10-16-28(29(32,33)34,20-11-13-21(30)14-12-20)35-22(18-37)17-25(4,5)31/h11-14,18,22,35H,8-9,15,17,19H2,1-7H3,(H,38,39)/t22-,27+,28-/m0/s1. The van der Waals surface area contributed by atoms with Gasteiger partial charge in [-0.15, -0.1) is 5.92 Å². The Kier molecular flexibility index (Phi) is 10.2. The molecule has 1 aromatic rings. The number of carbonyl (C=O) groups excluding carboxylic acids is 1. The van der Waals surface area contributed by atoms with Gasteiger partial charge in [0.15, 0.2) is 0 Å². The number of rotatable bonds is 9. The number of benzene rings is 1. The molecule has 1 aliphatic heterocycles. The molecule has 0 unspecified atom stereocenters. The van der Waals surface area contributed by atoms with Gasteiger partial charge in [0.25, 0.3) is 0 Å². The first-order valence-corrected chi connectivity index (χ1v) is 13.8. The summed E-state index contributed by atoms with van der Waals surface area (Å²) < 4.78 is 65.2. The highest BCUT2D eigenvalue weighted by Crippen LogP contribution is 2.48. The predicted molar refractivity (Wildman–Crippen MR) is 148 cm³/mol. The number of hydrogen-bond donors (Lipinski definition) is 2. The van der Waals surface area contributed by atoms with Crippen LogP contribution in [-0.4, -0.2) is 58.1 Å². The van der Waals surface area contributed by atoms with E-state index in [2.05, 4.69) is 33.1 Å². The predicted octanol–water partition coefficient (Wildman–Crippen LogP) is 7.21. The SMILES string of the molecule is CC(C)(F)C[C@@H](C=O)N[C@@](C#CCCC[C@]1(C(C)(C)C)COC(C)(C)N1C(=O)O)(c1ccc(Br)cc1)C(F)(F)F. The van der Waals surface area contributed by atoms with Crippen molar-refractivity contribution in [3.63, 3.8) is 0 Å². The van der Waals surface area contributed by atoms with Crippen molar-refractivity contribution in [3.05, 3.63) is 34.3 Å². The van der Waals surface area contributed by atoms with Crippen molar-refractivity contribution in [1.82, 2.24) is 10.2 Å². The zero-order chi connectivity index (χ0) is 30.8. The quantitative estimate of drug-likeness (QED) is 0.130. The number of hydrogen-bond acceptors (Lipinski definition) is 4. The van der Waals surface area contributed by atoms with E-state index in [-0.39, 0.29) is 31.3 Å². The Morgan fingerprint density at radius 2 is 1.75 bits per heavy atom. The maximum Gasteiger partial charge on any atom is 0.422 e. The number of alkyl halides is 4. The highest BCUT2D eigenvalue weighted by atomic mass is 79.9. The smallest absolute Gasteiger partial charge is 0.422 e. The first-order valence-electron chi connectivity index (χ1n) is 13.0. The average molecular weight is 636 g/mol. The van der Waals surface area contributed by atoms with E-state index in [0.29, 0.717) is 10.9 Å². The number of nitrogens with one attached hydrogen (secondary N) is 1. The third-order valence-corrected chi connectivity index (χ3v) is 7.89. The number of nitrogens with zero attached hydrogens (tertiary/aromatic N) is 1. The molecule has 1 fully saturated rings. The summed E-state index contributed by atoms with van der Waals surface area (Å²) >= 11 is 3.22. The minimum atomic E-state index is -4.97. The van der Waals surface area contributed by atoms with Gasteiger partial charge in [0.05, 0.1) is 18.2 Å². The molecule has 1 saturated heterocycles. The maximum atomic E-state index is 14.8. The fraction of sp³-hybridized carbons (Fsp3) is 0.655. The Bertz CT molecular complexity index is 1120. The van der Waals surface area contributed by atoms with Crippen molar-refractivity contribution in [2.75, 3.05) is 6.61 Å². The number of ether oxygens (including phenoxy) is 1. The molecule has 0 radical (unpaired) electrons. The summed E-state index contributed by atoms with van der Waals surface area (Å²) in [5.41, 5.74) is -7.64. The molecule has 1 amide bonds. The average Bonchev–Trinajstić information content (AvgIpc) is 3.07. The van der Waals surface area contributed by atoms with Gasteiger partial charge in [-0.3, -0.25) is 10.2 Å². The van der Waals surface area contributed by atoms with Gasteiger partial charge in [-0.05, 0) is 63.6 Å². The van der Waals surface area contributed by atoms with Gasteiger partial charge in [0.2, 0.25) is 5.54 Å². The van der Waals surface area contributed by atoms with Gasteiger partial charge in [0.1, 0.15) is 17.7 Å². The molecule has 40 heavy (non-hydrogen) atoms. The van der Waals surface area contributed by atoms with Crippen LogP contribution in [0.5, 0.6) is 0 Å². The molecule has 2 N–H and O–H groups in total. The minimum Gasteiger partial charge on any atom is -0.465 e. The topological polar surface area (TPSA) is 78.9 Å². The van der Waals surface area contributed by atoms with Crippen LogP contribution >= 0.6 is 15.9 Å². The van der Waals surface area contributed by atoms with Crippen molar-refractivity contribution in [1.29, 1.82) is 0 Å². The number of carboxylic acid groups (broad SMARTS) is 1. The molecule has 1 aromatic carbocycles. The molecule has 11 heteroatoms. The Labute approximate surface area is 242 Å². The Morgan fingerprint density at radius 1 is 1.18 bits per heavy atom. The van der Waals surface area contributed by atoms with E-state index in [4.69, 9.17) is 4.74 Å². The van der Waals surface area contributed by atoms with Crippen molar-refractivity contribution < 1.29 is 37.0 Å². The molecule has 0 aromatic heterocycles. The van der Waals surface area contributed by atoms with E-state index in [0.717, 1.165) is 0 Å². The molecule has 224 valence electrons. The zero-order valence-corrected chi connectivity index (χ0v) is 25.6. The Balaban J connectivity index is 2.47. The zero-order valence-electron chi connectivity index (χ0n) is 24.0. The summed E-state index contributed by atoms with van der Waals surface area (Å²) in [6.45, 7) is 11.5. The van der Waals surface area contributed by atoms with E-state index in [1.165, 1.54) is 43.0 Å². The van der Waals surface area contributed by atoms with E-state index in [9.17, 15) is 32.3 Å². The molecule has 0 bridgehead atoms. The van der Waals surface area contributed by atoms with Crippen LogP contribution < -0.4 is 5.32 Å². The van der Waals surface area contributed by atoms with Crippen molar-refractivity contribution in [2.24, 2.45) is 5.41 Å². The summed E-state index contributed by atoms with van der Waals surface area (Å²) in [6.07, 6.45) is -5.73. The fourth-order valence-corrected chi connectivity index (χ4v) is 5.54. The Morgan fingerprint density at radius 3 is 2.20 bits per heavy atom. The normalized spacial score (nSPS) is 21.8. The lowest BCUT2D eigenvalue weighted by Crippen LogP contribution is -2.61. The number of amides is 1. The van der Waals surface area contributed by atoms with Crippen LogP contribution in [0.4, 0.5) is 22.4 Å². The molecule has 0 spiro atoms. The molecule has 1 aliphatic rings. The lowest BCUT2D eigenvalue weighted by molar-refractivity contribution is -0.184. The van der Waals surface area contributed by atoms with Gasteiger partial charge in [0, 0.05) is 17.3 Å². The molecular formula is C29H39BrF4N2O4. The van der Waals surface area contributed by atoms with Crippen LogP contribution in [0.25, 0.3) is 0 Å². The van der Waals surface area contributed by atoms with E-state index < -0.39 is 52.6 Å². The highest BCUT2D eigenvalue weighted by molar-refractivity contribution is 9.10. The van der Waals surface area contributed by atoms with Gasteiger partial charge in [-0.1, -0.05) is 54.8 Å². The number of unbranched alkanes of at least 4 members (excludes halogenated alkanes) is 1. The van der Waals surface area contributed by atoms with Crippen LogP contribution in [0.1, 0.15) is 79.7 Å². The van der Waals surface area contributed by atoms with Crippen molar-refractivity contribution >= 4 is 28.3 Å². The second-order valence-electron chi connectivity index (χ2n) is 12.4. The van der Waals surface area contributed by atoms with E-state index in [1.807, 2.05) is 20.8 Å². The molecule has 0 saturated carbocycles. The van der Waals surface area contributed by atoms with Crippen LogP contribution in [-0.2, 0) is 15.1 Å². The summed E-state index contributed by atoms with van der Waals surface area (Å²) in [6, 6.07) is 3.90. The third kappa shape index (κ3) is 7.37. The number of carbonyl (C=O) groups is 2. The van der Waals surface area contributed by atoms with Crippen molar-refractivity contribution in [2.45, 2.75) is 109 Å². The van der Waals surface area contributed by atoms with E-state index >= 15 is 0 Å². The van der Waals surface area contributed by atoms with Crippen LogP contribution in [0.3, 0.4) is 0 Å². The van der Waals surface area contributed by atoms with Crippen molar-refractivity contribution in [3.8, 4) is 11.8 Å². The maximum absolute atomic E-state index is 14.8. The lowest BCUT2D eigenvalue weighted by Gasteiger charge is -2.48. The first kappa shape index (κ1) is 34.0. The second-order valence-corrected chi connectivity index (χ2v) is 13.3. The lowest BCUT2D eigenvalue weighted by atomic mass is 9.70. The highest BCUT2D eigenvalue weighted by Gasteiger charge is 2.59. The van der Waals surface area contributed by atoms with Crippen LogP contribution in [0.15, 0.2) is 28.7 Å². The molecule has 0 aliphatic carbocycles. The summed E-state index contributed by atoms with van der Waals surface area (Å²) in [4.78, 5) is 25.3. The number of aldehydes is 1. The monoisotopic (exact) mass is 634 g/mol. The number of halogens is 5. The largest absolute Gasteiger partial charge is 0.465 e. The Hall–Kier alpha value is -2.16. The molecule has 2 rings (SSSR count). The summed E-state index contributed by atoms with van der Waals surface area (Å²) in [5, 5.41) is 12.3. The van der Waals surface area contributed by atoms with E-state index in [1.54, 1.807) is 13.8 Å². The molecule has 6 nitrogen and oxygen atoms in total. The van der Waals surface area contributed by atoms with Gasteiger partial charge in [-0.2, -0.15) is 13.2 Å². The molecule has 1 heterocycles. The molecule has 3 atom stereocenters. The third-order valence-electron chi connectivity index (χ3n) is 7.36. The van der Waals surface area contributed by atoms with Crippen LogP contribution in [0, 0.1) is 17.3 Å². The first-order chi connectivity index (χ1) is 18.1. The minimum absolute atomic E-state index is 0.0160.